The zero-order valence-corrected chi connectivity index (χ0v) is 12.2. The number of hydrogen-bond donors (Lipinski definition) is 2. The predicted octanol–water partition coefficient (Wildman–Crippen LogP) is 2.33. The second-order valence-electron chi connectivity index (χ2n) is 4.14. The van der Waals surface area contributed by atoms with E-state index in [2.05, 4.69) is 36.5 Å². The highest BCUT2D eigenvalue weighted by Gasteiger charge is 2.03. The van der Waals surface area contributed by atoms with Gasteiger partial charge in [0.25, 0.3) is 0 Å². The zero-order chi connectivity index (χ0) is 13.7. The lowest BCUT2D eigenvalue weighted by Crippen LogP contribution is -2.22. The normalized spacial score (nSPS) is 10.4. The van der Waals surface area contributed by atoms with Crippen LogP contribution >= 0.6 is 15.9 Å². The lowest BCUT2D eigenvalue weighted by atomic mass is 10.2. The number of nitrogens with zero attached hydrogens (tertiary/aromatic N) is 2. The Morgan fingerprint density at radius 2 is 2.21 bits per heavy atom. The van der Waals surface area contributed by atoms with Gasteiger partial charge in [-0.05, 0) is 34.5 Å². The topological polar surface area (TPSA) is 66.9 Å². The number of carbonyl (C=O) groups excluding carboxylic acids is 1. The van der Waals surface area contributed by atoms with Gasteiger partial charge in [0.2, 0.25) is 5.91 Å². The van der Waals surface area contributed by atoms with Crippen LogP contribution in [0.5, 0.6) is 0 Å². The van der Waals surface area contributed by atoms with Gasteiger partial charge in [-0.2, -0.15) is 0 Å². The number of anilines is 1. The molecule has 19 heavy (non-hydrogen) atoms. The molecule has 0 bridgehead atoms. The predicted molar refractivity (Wildman–Crippen MR) is 79.0 cm³/mol. The van der Waals surface area contributed by atoms with Crippen molar-refractivity contribution < 1.29 is 4.79 Å². The Labute approximate surface area is 120 Å². The highest BCUT2D eigenvalue weighted by atomic mass is 79.9. The van der Waals surface area contributed by atoms with Gasteiger partial charge in [0.15, 0.2) is 0 Å². The number of carbonyl (C=O) groups is 1. The van der Waals surface area contributed by atoms with Crippen molar-refractivity contribution >= 4 is 38.6 Å². The van der Waals surface area contributed by atoms with Crippen LogP contribution in [0.2, 0.25) is 0 Å². The van der Waals surface area contributed by atoms with Gasteiger partial charge in [-0.1, -0.05) is 0 Å². The summed E-state index contributed by atoms with van der Waals surface area (Å²) in [6.07, 6.45) is 4.37. The minimum Gasteiger partial charge on any atom is -0.383 e. The number of rotatable bonds is 5. The van der Waals surface area contributed by atoms with Crippen molar-refractivity contribution in [3.8, 4) is 0 Å². The lowest BCUT2D eigenvalue weighted by Gasteiger charge is -2.09. The quantitative estimate of drug-likeness (QED) is 0.829. The minimum atomic E-state index is 0.000813. The van der Waals surface area contributed by atoms with Crippen molar-refractivity contribution in [3.05, 3.63) is 29.0 Å². The molecule has 1 amide bonds. The molecule has 0 aromatic carbocycles. The maximum atomic E-state index is 10.7. The van der Waals surface area contributed by atoms with Crippen molar-refractivity contribution in [1.29, 1.82) is 0 Å². The van der Waals surface area contributed by atoms with Crippen molar-refractivity contribution in [1.82, 2.24) is 15.3 Å². The summed E-state index contributed by atoms with van der Waals surface area (Å²) < 4.78 is 0.912. The first kappa shape index (κ1) is 13.7. The molecule has 0 saturated heterocycles. The van der Waals surface area contributed by atoms with Gasteiger partial charge in [-0.25, -0.2) is 0 Å². The van der Waals surface area contributed by atoms with Gasteiger partial charge in [0.05, 0.1) is 11.2 Å². The highest BCUT2D eigenvalue weighted by molar-refractivity contribution is 9.10. The Hall–Kier alpha value is -1.69. The molecule has 0 aliphatic rings. The third-order valence-corrected chi connectivity index (χ3v) is 3.02. The molecule has 6 heteroatoms. The SMILES string of the molecule is CC(=O)NCCCNc1ccnc2cc(Br)cnc12. The van der Waals surface area contributed by atoms with E-state index in [0.717, 1.165) is 34.2 Å². The van der Waals surface area contributed by atoms with Crippen molar-refractivity contribution in [2.45, 2.75) is 13.3 Å². The van der Waals surface area contributed by atoms with Crippen LogP contribution in [0.15, 0.2) is 29.0 Å². The van der Waals surface area contributed by atoms with E-state index in [4.69, 9.17) is 0 Å². The molecule has 0 atom stereocenters. The summed E-state index contributed by atoms with van der Waals surface area (Å²) in [5.41, 5.74) is 2.66. The fourth-order valence-electron chi connectivity index (χ4n) is 1.72. The number of fused-ring (bicyclic) bond motifs is 1. The van der Waals surface area contributed by atoms with E-state index < -0.39 is 0 Å². The second kappa shape index (κ2) is 6.47. The monoisotopic (exact) mass is 322 g/mol. The summed E-state index contributed by atoms with van der Waals surface area (Å²) in [7, 11) is 0. The van der Waals surface area contributed by atoms with Crippen LogP contribution < -0.4 is 10.6 Å². The van der Waals surface area contributed by atoms with E-state index in [9.17, 15) is 4.79 Å². The van der Waals surface area contributed by atoms with Crippen LogP contribution in [0.25, 0.3) is 11.0 Å². The summed E-state index contributed by atoms with van der Waals surface area (Å²) in [6.45, 7) is 2.97. The Morgan fingerprint density at radius 3 is 3.00 bits per heavy atom. The number of pyridine rings is 2. The fraction of sp³-hybridized carbons (Fsp3) is 0.308. The molecule has 0 saturated carbocycles. The van der Waals surface area contributed by atoms with Gasteiger partial charge in [-0.3, -0.25) is 14.8 Å². The standard InChI is InChI=1S/C13H15BrN4O/c1-9(19)15-4-2-5-16-11-3-6-17-12-7-10(14)8-18-13(11)12/h3,6-8H,2,4-5H2,1H3,(H,15,19)(H,16,17). The van der Waals surface area contributed by atoms with Gasteiger partial charge in [0.1, 0.15) is 5.52 Å². The highest BCUT2D eigenvalue weighted by Crippen LogP contribution is 2.21. The van der Waals surface area contributed by atoms with Crippen LogP contribution in [0, 0.1) is 0 Å². The van der Waals surface area contributed by atoms with Crippen molar-refractivity contribution in [2.24, 2.45) is 0 Å². The molecule has 0 aliphatic heterocycles. The molecule has 2 aromatic heterocycles. The molecular weight excluding hydrogens is 308 g/mol. The third kappa shape index (κ3) is 3.89. The molecule has 0 unspecified atom stereocenters. The molecular formula is C13H15BrN4O. The van der Waals surface area contributed by atoms with Crippen molar-refractivity contribution in [2.75, 3.05) is 18.4 Å². The molecule has 2 heterocycles. The first-order chi connectivity index (χ1) is 9.16. The molecule has 100 valence electrons. The van der Waals surface area contributed by atoms with Gasteiger partial charge in [-0.15, -0.1) is 0 Å². The van der Waals surface area contributed by atoms with E-state index in [0.29, 0.717) is 6.54 Å². The van der Waals surface area contributed by atoms with Crippen molar-refractivity contribution in [3.63, 3.8) is 0 Å². The summed E-state index contributed by atoms with van der Waals surface area (Å²) >= 11 is 3.38. The molecule has 2 aromatic rings. The first-order valence-electron chi connectivity index (χ1n) is 6.05. The Balaban J connectivity index is 1.99. The molecule has 5 nitrogen and oxygen atoms in total. The molecule has 0 radical (unpaired) electrons. The van der Waals surface area contributed by atoms with E-state index >= 15 is 0 Å². The van der Waals surface area contributed by atoms with E-state index in [1.54, 1.807) is 12.4 Å². The Morgan fingerprint density at radius 1 is 1.37 bits per heavy atom. The summed E-state index contributed by atoms with van der Waals surface area (Å²) in [5, 5.41) is 6.08. The van der Waals surface area contributed by atoms with Gasteiger partial charge >= 0.3 is 0 Å². The Bertz CT molecular complexity index is 588. The van der Waals surface area contributed by atoms with E-state index in [1.807, 2.05) is 12.1 Å². The fourth-order valence-corrected chi connectivity index (χ4v) is 2.04. The summed E-state index contributed by atoms with van der Waals surface area (Å²) in [6, 6.07) is 3.84. The smallest absolute Gasteiger partial charge is 0.216 e. The average Bonchev–Trinajstić information content (AvgIpc) is 2.37. The number of amides is 1. The number of hydrogen-bond acceptors (Lipinski definition) is 4. The molecule has 0 aliphatic carbocycles. The minimum absolute atomic E-state index is 0.000813. The van der Waals surface area contributed by atoms with E-state index in [1.165, 1.54) is 6.92 Å². The third-order valence-electron chi connectivity index (χ3n) is 2.59. The largest absolute Gasteiger partial charge is 0.383 e. The van der Waals surface area contributed by atoms with Gasteiger partial charge < -0.3 is 10.6 Å². The average molecular weight is 323 g/mol. The zero-order valence-electron chi connectivity index (χ0n) is 10.6. The maximum absolute atomic E-state index is 10.7. The summed E-state index contributed by atoms with van der Waals surface area (Å²) in [4.78, 5) is 19.4. The number of aromatic nitrogens is 2. The molecule has 0 spiro atoms. The van der Waals surface area contributed by atoms with Crippen LogP contribution in [0.3, 0.4) is 0 Å². The molecule has 0 fully saturated rings. The van der Waals surface area contributed by atoms with Crippen LogP contribution in [-0.4, -0.2) is 29.0 Å². The summed E-state index contributed by atoms with van der Waals surface area (Å²) in [5.74, 6) is 0.000813. The number of halogens is 1. The lowest BCUT2D eigenvalue weighted by molar-refractivity contribution is -0.118. The molecule has 2 N–H and O–H groups in total. The van der Waals surface area contributed by atoms with Crippen LogP contribution in [0.1, 0.15) is 13.3 Å². The van der Waals surface area contributed by atoms with Crippen LogP contribution in [-0.2, 0) is 4.79 Å². The Kier molecular flexibility index (Phi) is 4.68. The van der Waals surface area contributed by atoms with Gasteiger partial charge in [0, 0.05) is 36.9 Å². The maximum Gasteiger partial charge on any atom is 0.216 e. The number of nitrogens with one attached hydrogen (secondary N) is 2. The second-order valence-corrected chi connectivity index (χ2v) is 5.06. The molecule has 2 rings (SSSR count). The van der Waals surface area contributed by atoms with E-state index in [-0.39, 0.29) is 5.91 Å². The van der Waals surface area contributed by atoms with Crippen LogP contribution in [0.4, 0.5) is 5.69 Å². The first-order valence-corrected chi connectivity index (χ1v) is 6.84.